The zero-order valence-electron chi connectivity index (χ0n) is 7.11. The lowest BCUT2D eigenvalue weighted by Crippen LogP contribution is -1.80. The molecule has 0 amide bonds. The van der Waals surface area contributed by atoms with Crippen molar-refractivity contribution in [2.24, 2.45) is 0 Å². The number of aldehydes is 2. The minimum absolute atomic E-state index is 0.124. The van der Waals surface area contributed by atoms with Gasteiger partial charge in [0.05, 0.1) is 0 Å². The lowest BCUT2D eigenvalue weighted by atomic mass is 10.4. The molecule has 0 aromatic heterocycles. The normalized spacial score (nSPS) is 8.17. The van der Waals surface area contributed by atoms with Gasteiger partial charge in [0.15, 0.2) is 0 Å². The minimum Gasteiger partial charge on any atom is -0.396 e. The fourth-order valence-electron chi connectivity index (χ4n) is 0.349. The van der Waals surface area contributed by atoms with Gasteiger partial charge in [-0.05, 0) is 12.8 Å². The Kier molecular flexibility index (Phi) is 19.2. The molecule has 0 saturated carbocycles. The molecule has 2 N–H and O–H groups in total. The molecule has 0 saturated heterocycles. The molecule has 4 nitrogen and oxygen atoms in total. The average Bonchev–Trinajstić information content (AvgIpc) is 2.12. The van der Waals surface area contributed by atoms with Crippen LogP contribution in [-0.2, 0) is 9.59 Å². The van der Waals surface area contributed by atoms with E-state index >= 15 is 0 Å². The van der Waals surface area contributed by atoms with Crippen molar-refractivity contribution in [3.63, 3.8) is 0 Å². The molecule has 0 unspecified atom stereocenters. The Balaban J connectivity index is 0. The van der Waals surface area contributed by atoms with Crippen LogP contribution in [0.15, 0.2) is 0 Å². The van der Waals surface area contributed by atoms with E-state index in [1.807, 2.05) is 0 Å². The Bertz CT molecular complexity index is 81.1. The van der Waals surface area contributed by atoms with Crippen LogP contribution in [-0.4, -0.2) is 36.0 Å². The first-order valence-electron chi connectivity index (χ1n) is 3.92. The number of carbonyl (C=O) groups excluding carboxylic acids is 2. The van der Waals surface area contributed by atoms with Crippen molar-refractivity contribution >= 4 is 12.6 Å². The highest BCUT2D eigenvalue weighted by atomic mass is 16.3. The van der Waals surface area contributed by atoms with Crippen LogP contribution in [0, 0.1) is 0 Å². The largest absolute Gasteiger partial charge is 0.396 e. The molecule has 12 heavy (non-hydrogen) atoms. The van der Waals surface area contributed by atoms with Crippen LogP contribution in [0.25, 0.3) is 0 Å². The summed E-state index contributed by atoms with van der Waals surface area (Å²) < 4.78 is 0. The van der Waals surface area contributed by atoms with Crippen molar-refractivity contribution in [1.29, 1.82) is 0 Å². The molecule has 0 heterocycles. The monoisotopic (exact) mass is 176 g/mol. The summed E-state index contributed by atoms with van der Waals surface area (Å²) in [6.45, 7) is 0.248. The first-order chi connectivity index (χ1) is 5.83. The fraction of sp³-hybridized carbons (Fsp3) is 0.750. The van der Waals surface area contributed by atoms with Gasteiger partial charge < -0.3 is 19.8 Å². The topological polar surface area (TPSA) is 74.6 Å². The molecule has 0 aliphatic rings. The van der Waals surface area contributed by atoms with E-state index in [2.05, 4.69) is 0 Å². The first kappa shape index (κ1) is 13.8. The molecular formula is C8H16O4. The van der Waals surface area contributed by atoms with Crippen molar-refractivity contribution in [2.45, 2.75) is 25.7 Å². The highest BCUT2D eigenvalue weighted by Crippen LogP contribution is 1.77. The average molecular weight is 176 g/mol. The summed E-state index contributed by atoms with van der Waals surface area (Å²) in [4.78, 5) is 18.9. The lowest BCUT2D eigenvalue weighted by Gasteiger charge is -1.79. The Hall–Kier alpha value is -0.740. The summed E-state index contributed by atoms with van der Waals surface area (Å²) >= 11 is 0. The van der Waals surface area contributed by atoms with Gasteiger partial charge in [-0.1, -0.05) is 0 Å². The molecule has 0 aromatic carbocycles. The molecule has 0 aliphatic carbocycles. The van der Waals surface area contributed by atoms with E-state index in [0.717, 1.165) is 12.6 Å². The van der Waals surface area contributed by atoms with Crippen molar-refractivity contribution in [3.05, 3.63) is 0 Å². The third kappa shape index (κ3) is 22.8. The Morgan fingerprint density at radius 2 is 1.17 bits per heavy atom. The molecule has 0 aromatic rings. The van der Waals surface area contributed by atoms with Gasteiger partial charge >= 0.3 is 0 Å². The van der Waals surface area contributed by atoms with Gasteiger partial charge in [0.1, 0.15) is 12.6 Å². The fourth-order valence-corrected chi connectivity index (χ4v) is 0.349. The number of rotatable bonds is 6. The molecule has 0 aliphatic heterocycles. The molecule has 72 valence electrons. The van der Waals surface area contributed by atoms with E-state index in [0.29, 0.717) is 25.7 Å². The number of carbonyl (C=O) groups is 2. The lowest BCUT2D eigenvalue weighted by molar-refractivity contribution is -0.108. The van der Waals surface area contributed by atoms with Gasteiger partial charge in [-0.2, -0.15) is 0 Å². The summed E-state index contributed by atoms with van der Waals surface area (Å²) in [7, 11) is 0. The van der Waals surface area contributed by atoms with Crippen LogP contribution in [0.2, 0.25) is 0 Å². The van der Waals surface area contributed by atoms with Crippen molar-refractivity contribution in [1.82, 2.24) is 0 Å². The van der Waals surface area contributed by atoms with Crippen LogP contribution >= 0.6 is 0 Å². The highest BCUT2D eigenvalue weighted by Gasteiger charge is 1.76. The Morgan fingerprint density at radius 1 is 0.833 bits per heavy atom. The molecule has 0 atom stereocenters. The van der Waals surface area contributed by atoms with Crippen molar-refractivity contribution in [3.8, 4) is 0 Å². The molecule has 0 spiro atoms. The standard InChI is InChI=1S/2C4H8O2/c2*5-3-1-2-4-6/h2*3,6H,1-2,4H2. The molecule has 0 radical (unpaired) electrons. The number of aliphatic hydroxyl groups is 2. The summed E-state index contributed by atoms with van der Waals surface area (Å²) in [6, 6.07) is 0. The number of hydrogen-bond acceptors (Lipinski definition) is 4. The van der Waals surface area contributed by atoms with E-state index in [9.17, 15) is 9.59 Å². The maximum atomic E-state index is 9.45. The van der Waals surface area contributed by atoms with Crippen molar-refractivity contribution < 1.29 is 19.8 Å². The molecule has 4 heteroatoms. The SMILES string of the molecule is O=CCCCO.O=CCCCO. The minimum atomic E-state index is 0.124. The molecule has 0 rings (SSSR count). The quantitative estimate of drug-likeness (QED) is 0.438. The third-order valence-electron chi connectivity index (χ3n) is 0.960. The van der Waals surface area contributed by atoms with Crippen molar-refractivity contribution in [2.75, 3.05) is 13.2 Å². The zero-order valence-corrected chi connectivity index (χ0v) is 7.11. The van der Waals surface area contributed by atoms with Crippen LogP contribution in [0.1, 0.15) is 25.7 Å². The van der Waals surface area contributed by atoms with E-state index in [1.54, 1.807) is 0 Å². The van der Waals surface area contributed by atoms with Gasteiger partial charge in [-0.3, -0.25) is 0 Å². The highest BCUT2D eigenvalue weighted by molar-refractivity contribution is 5.49. The first-order valence-corrected chi connectivity index (χ1v) is 3.92. The van der Waals surface area contributed by atoms with Gasteiger partial charge in [0, 0.05) is 26.1 Å². The molecular weight excluding hydrogens is 160 g/mol. The predicted octanol–water partition coefficient (Wildman–Crippen LogP) is -0.0844. The second-order valence-corrected chi connectivity index (χ2v) is 2.07. The van der Waals surface area contributed by atoms with Crippen LogP contribution in [0.4, 0.5) is 0 Å². The van der Waals surface area contributed by atoms with E-state index in [1.165, 1.54) is 0 Å². The Morgan fingerprint density at radius 3 is 1.25 bits per heavy atom. The Labute approximate surface area is 72.2 Å². The summed E-state index contributed by atoms with van der Waals surface area (Å²) in [6.07, 6.45) is 3.77. The second-order valence-electron chi connectivity index (χ2n) is 2.07. The van der Waals surface area contributed by atoms with Gasteiger partial charge in [-0.25, -0.2) is 0 Å². The molecule has 0 fully saturated rings. The van der Waals surface area contributed by atoms with Crippen LogP contribution in [0.3, 0.4) is 0 Å². The van der Waals surface area contributed by atoms with E-state index in [4.69, 9.17) is 10.2 Å². The van der Waals surface area contributed by atoms with E-state index in [-0.39, 0.29) is 13.2 Å². The van der Waals surface area contributed by atoms with Crippen LogP contribution in [0.5, 0.6) is 0 Å². The van der Waals surface area contributed by atoms with Gasteiger partial charge in [0.25, 0.3) is 0 Å². The zero-order chi connectivity index (χ0) is 9.66. The molecule has 0 bridgehead atoms. The summed E-state index contributed by atoms with van der Waals surface area (Å²) in [5.74, 6) is 0. The second kappa shape index (κ2) is 16.7. The number of hydrogen-bond donors (Lipinski definition) is 2. The third-order valence-corrected chi connectivity index (χ3v) is 0.960. The maximum absolute atomic E-state index is 9.45. The van der Waals surface area contributed by atoms with E-state index < -0.39 is 0 Å². The predicted molar refractivity (Wildman–Crippen MR) is 44.8 cm³/mol. The van der Waals surface area contributed by atoms with Gasteiger partial charge in [-0.15, -0.1) is 0 Å². The maximum Gasteiger partial charge on any atom is 0.120 e. The number of unbranched alkanes of at least 4 members (excludes halogenated alkanes) is 2. The smallest absolute Gasteiger partial charge is 0.120 e. The van der Waals surface area contributed by atoms with Crippen LogP contribution < -0.4 is 0 Å². The summed E-state index contributed by atoms with van der Waals surface area (Å²) in [5, 5.41) is 16.1. The number of aliphatic hydroxyl groups excluding tert-OH is 2. The van der Waals surface area contributed by atoms with Gasteiger partial charge in [0.2, 0.25) is 0 Å². The summed E-state index contributed by atoms with van der Waals surface area (Å²) in [5.41, 5.74) is 0.